The van der Waals surface area contributed by atoms with Crippen molar-refractivity contribution in [3.8, 4) is 0 Å². The molecule has 1 heterocycles. The number of nitrogens with zero attached hydrogens (tertiary/aromatic N) is 2. The minimum Gasteiger partial charge on any atom is -0.378 e. The Hall–Kier alpha value is -2.36. The summed E-state index contributed by atoms with van der Waals surface area (Å²) in [6, 6.07) is 12.0. The van der Waals surface area contributed by atoms with Gasteiger partial charge in [0.15, 0.2) is 0 Å². The van der Waals surface area contributed by atoms with Gasteiger partial charge in [0.1, 0.15) is 0 Å². The molecule has 4 nitrogen and oxygen atoms in total. The van der Waals surface area contributed by atoms with E-state index in [2.05, 4.69) is 40.3 Å². The first-order valence-corrected chi connectivity index (χ1v) is 7.49. The summed E-state index contributed by atoms with van der Waals surface area (Å²) >= 11 is 0. The van der Waals surface area contributed by atoms with E-state index in [1.165, 1.54) is 11.3 Å². The predicted molar refractivity (Wildman–Crippen MR) is 89.9 cm³/mol. The van der Waals surface area contributed by atoms with E-state index in [-0.39, 0.29) is 5.91 Å². The quantitative estimate of drug-likeness (QED) is 0.891. The highest BCUT2D eigenvalue weighted by atomic mass is 16.1. The summed E-state index contributed by atoms with van der Waals surface area (Å²) in [4.78, 5) is 18.2. The van der Waals surface area contributed by atoms with Gasteiger partial charge >= 0.3 is 0 Å². The van der Waals surface area contributed by atoms with Crippen molar-refractivity contribution in [3.63, 3.8) is 0 Å². The van der Waals surface area contributed by atoms with Gasteiger partial charge < -0.3 is 10.2 Å². The smallest absolute Gasteiger partial charge is 0.220 e. The largest absolute Gasteiger partial charge is 0.378 e. The highest BCUT2D eigenvalue weighted by molar-refractivity contribution is 5.76. The molecule has 116 valence electrons. The monoisotopic (exact) mass is 297 g/mol. The SMILES string of the molecule is Cc1cc(N(C)C)ccc1CNC(=O)CCc1ccccn1. The Labute approximate surface area is 132 Å². The molecule has 0 aliphatic heterocycles. The topological polar surface area (TPSA) is 45.2 Å². The van der Waals surface area contributed by atoms with E-state index in [0.717, 1.165) is 11.3 Å². The number of carbonyl (C=O) groups excluding carboxylic acids is 1. The number of rotatable bonds is 6. The number of pyridine rings is 1. The third-order valence-electron chi connectivity index (χ3n) is 3.65. The number of carbonyl (C=O) groups is 1. The lowest BCUT2D eigenvalue weighted by molar-refractivity contribution is -0.121. The molecule has 0 bridgehead atoms. The van der Waals surface area contributed by atoms with E-state index in [1.54, 1.807) is 6.20 Å². The first kappa shape index (κ1) is 16.0. The molecule has 0 unspecified atom stereocenters. The van der Waals surface area contributed by atoms with Gasteiger partial charge in [-0.25, -0.2) is 0 Å². The van der Waals surface area contributed by atoms with Crippen LogP contribution < -0.4 is 10.2 Å². The van der Waals surface area contributed by atoms with Crippen LogP contribution in [0.4, 0.5) is 5.69 Å². The molecular formula is C18H23N3O. The second kappa shape index (κ2) is 7.59. The van der Waals surface area contributed by atoms with Crippen LogP contribution >= 0.6 is 0 Å². The highest BCUT2D eigenvalue weighted by Gasteiger charge is 2.05. The van der Waals surface area contributed by atoms with Gasteiger partial charge in [-0.1, -0.05) is 12.1 Å². The van der Waals surface area contributed by atoms with Gasteiger partial charge in [-0.3, -0.25) is 9.78 Å². The maximum absolute atomic E-state index is 11.9. The molecule has 0 radical (unpaired) electrons. The van der Waals surface area contributed by atoms with Crippen molar-refractivity contribution in [1.82, 2.24) is 10.3 Å². The fourth-order valence-electron chi connectivity index (χ4n) is 2.23. The van der Waals surface area contributed by atoms with Gasteiger partial charge in [-0.15, -0.1) is 0 Å². The van der Waals surface area contributed by atoms with Crippen LogP contribution in [0.25, 0.3) is 0 Å². The van der Waals surface area contributed by atoms with Crippen LogP contribution in [-0.4, -0.2) is 25.0 Å². The predicted octanol–water partition coefficient (Wildman–Crippen LogP) is 2.71. The van der Waals surface area contributed by atoms with Crippen LogP contribution in [0, 0.1) is 6.92 Å². The van der Waals surface area contributed by atoms with Gasteiger partial charge in [0.2, 0.25) is 5.91 Å². The molecule has 0 atom stereocenters. The molecule has 4 heteroatoms. The normalized spacial score (nSPS) is 10.3. The molecule has 0 fully saturated rings. The Balaban J connectivity index is 1.83. The van der Waals surface area contributed by atoms with E-state index in [1.807, 2.05) is 32.3 Å². The van der Waals surface area contributed by atoms with Crippen molar-refractivity contribution in [2.45, 2.75) is 26.3 Å². The van der Waals surface area contributed by atoms with E-state index in [4.69, 9.17) is 0 Å². The average molecular weight is 297 g/mol. The van der Waals surface area contributed by atoms with Crippen molar-refractivity contribution >= 4 is 11.6 Å². The molecule has 1 amide bonds. The molecule has 0 saturated heterocycles. The zero-order valence-corrected chi connectivity index (χ0v) is 13.5. The van der Waals surface area contributed by atoms with Crippen LogP contribution in [-0.2, 0) is 17.8 Å². The molecule has 1 aromatic heterocycles. The Morgan fingerprint density at radius 2 is 2.05 bits per heavy atom. The number of nitrogens with one attached hydrogen (secondary N) is 1. The molecule has 0 aliphatic rings. The van der Waals surface area contributed by atoms with Crippen LogP contribution in [0.2, 0.25) is 0 Å². The number of aromatic nitrogens is 1. The number of amides is 1. The van der Waals surface area contributed by atoms with Crippen LogP contribution in [0.1, 0.15) is 23.2 Å². The number of anilines is 1. The Kier molecular flexibility index (Phi) is 5.53. The summed E-state index contributed by atoms with van der Waals surface area (Å²) < 4.78 is 0. The molecule has 1 N–H and O–H groups in total. The van der Waals surface area contributed by atoms with Crippen molar-refractivity contribution < 1.29 is 4.79 Å². The molecule has 2 aromatic rings. The lowest BCUT2D eigenvalue weighted by Crippen LogP contribution is -2.23. The molecular weight excluding hydrogens is 274 g/mol. The summed E-state index contributed by atoms with van der Waals surface area (Å²) in [6.45, 7) is 2.64. The van der Waals surface area contributed by atoms with E-state index in [9.17, 15) is 4.79 Å². The van der Waals surface area contributed by atoms with Gasteiger partial charge in [0.25, 0.3) is 0 Å². The van der Waals surface area contributed by atoms with Crippen molar-refractivity contribution in [2.24, 2.45) is 0 Å². The van der Waals surface area contributed by atoms with Crippen molar-refractivity contribution in [2.75, 3.05) is 19.0 Å². The zero-order chi connectivity index (χ0) is 15.9. The Bertz CT molecular complexity index is 623. The molecule has 0 saturated carbocycles. The highest BCUT2D eigenvalue weighted by Crippen LogP contribution is 2.17. The summed E-state index contributed by atoms with van der Waals surface area (Å²) in [6.07, 6.45) is 2.89. The Morgan fingerprint density at radius 3 is 2.68 bits per heavy atom. The Morgan fingerprint density at radius 1 is 1.23 bits per heavy atom. The lowest BCUT2D eigenvalue weighted by atomic mass is 10.1. The fourth-order valence-corrected chi connectivity index (χ4v) is 2.23. The second-order valence-corrected chi connectivity index (χ2v) is 5.60. The van der Waals surface area contributed by atoms with Gasteiger partial charge in [-0.05, 0) is 48.7 Å². The molecule has 1 aromatic carbocycles. The summed E-state index contributed by atoms with van der Waals surface area (Å²) in [5.74, 6) is 0.0572. The molecule has 22 heavy (non-hydrogen) atoms. The summed E-state index contributed by atoms with van der Waals surface area (Å²) in [7, 11) is 4.04. The number of hydrogen-bond donors (Lipinski definition) is 1. The van der Waals surface area contributed by atoms with Crippen LogP contribution in [0.5, 0.6) is 0 Å². The standard InChI is InChI=1S/C18H23N3O/c1-14-12-17(21(2)3)9-7-15(14)13-20-18(22)10-8-16-6-4-5-11-19-16/h4-7,9,11-12H,8,10,13H2,1-3H3,(H,20,22). The minimum atomic E-state index is 0.0572. The molecule has 0 spiro atoms. The van der Waals surface area contributed by atoms with Gasteiger partial charge in [0, 0.05) is 44.6 Å². The van der Waals surface area contributed by atoms with E-state index in [0.29, 0.717) is 19.4 Å². The van der Waals surface area contributed by atoms with Gasteiger partial charge in [0.05, 0.1) is 0 Å². The fraction of sp³-hybridized carbons (Fsp3) is 0.333. The first-order valence-electron chi connectivity index (χ1n) is 7.49. The number of hydrogen-bond acceptors (Lipinski definition) is 3. The van der Waals surface area contributed by atoms with E-state index < -0.39 is 0 Å². The first-order chi connectivity index (χ1) is 10.6. The second-order valence-electron chi connectivity index (χ2n) is 5.60. The molecule has 0 aliphatic carbocycles. The maximum atomic E-state index is 11.9. The summed E-state index contributed by atoms with van der Waals surface area (Å²) in [5, 5.41) is 2.98. The van der Waals surface area contributed by atoms with Crippen molar-refractivity contribution in [3.05, 3.63) is 59.4 Å². The van der Waals surface area contributed by atoms with Crippen LogP contribution in [0.15, 0.2) is 42.6 Å². The zero-order valence-electron chi connectivity index (χ0n) is 13.5. The lowest BCUT2D eigenvalue weighted by Gasteiger charge is -2.15. The van der Waals surface area contributed by atoms with Crippen LogP contribution in [0.3, 0.4) is 0 Å². The third kappa shape index (κ3) is 4.58. The molecule has 2 rings (SSSR count). The number of aryl methyl sites for hydroxylation is 2. The average Bonchev–Trinajstić information content (AvgIpc) is 2.52. The maximum Gasteiger partial charge on any atom is 0.220 e. The van der Waals surface area contributed by atoms with Crippen molar-refractivity contribution in [1.29, 1.82) is 0 Å². The number of benzene rings is 1. The van der Waals surface area contributed by atoms with E-state index >= 15 is 0 Å². The third-order valence-corrected chi connectivity index (χ3v) is 3.65. The van der Waals surface area contributed by atoms with Gasteiger partial charge in [-0.2, -0.15) is 0 Å². The minimum absolute atomic E-state index is 0.0572. The summed E-state index contributed by atoms with van der Waals surface area (Å²) in [5.41, 5.74) is 4.46.